The molecule has 1 amide bonds. The molecule has 4 heteroatoms. The van der Waals surface area contributed by atoms with Gasteiger partial charge in [-0.05, 0) is 17.7 Å². The van der Waals surface area contributed by atoms with Crippen LogP contribution in [-0.2, 0) is 11.2 Å². The van der Waals surface area contributed by atoms with Crippen molar-refractivity contribution < 1.29 is 4.79 Å². The summed E-state index contributed by atoms with van der Waals surface area (Å²) in [5.74, 6) is -0.0634. The summed E-state index contributed by atoms with van der Waals surface area (Å²) in [6, 6.07) is 15.4. The SMILES string of the molecule is O=C1Nc2ccccc2C=NC1Cc1c[nH]c2ccccc12. The number of aromatic nitrogens is 1. The average Bonchev–Trinajstić information content (AvgIpc) is 2.88. The van der Waals surface area contributed by atoms with Gasteiger partial charge in [0.15, 0.2) is 0 Å². The molecular formula is C18H15N3O. The predicted molar refractivity (Wildman–Crippen MR) is 88.5 cm³/mol. The normalized spacial score (nSPS) is 17.1. The number of carbonyl (C=O) groups is 1. The first-order chi connectivity index (χ1) is 10.8. The Morgan fingerprint density at radius 2 is 1.86 bits per heavy atom. The van der Waals surface area contributed by atoms with E-state index in [-0.39, 0.29) is 5.91 Å². The monoisotopic (exact) mass is 289 g/mol. The number of benzene rings is 2. The maximum atomic E-state index is 12.4. The quantitative estimate of drug-likeness (QED) is 0.748. The van der Waals surface area contributed by atoms with Crippen LogP contribution in [0.1, 0.15) is 11.1 Å². The summed E-state index contributed by atoms with van der Waals surface area (Å²) in [6.07, 6.45) is 4.33. The van der Waals surface area contributed by atoms with Crippen LogP contribution in [-0.4, -0.2) is 23.1 Å². The molecule has 1 aromatic heterocycles. The third-order valence-electron chi connectivity index (χ3n) is 4.00. The molecule has 4 rings (SSSR count). The van der Waals surface area contributed by atoms with E-state index in [1.807, 2.05) is 48.7 Å². The van der Waals surface area contributed by atoms with Gasteiger partial charge in [0, 0.05) is 41.0 Å². The Kier molecular flexibility index (Phi) is 3.00. The summed E-state index contributed by atoms with van der Waals surface area (Å²) in [4.78, 5) is 20.1. The Labute approximate surface area is 127 Å². The van der Waals surface area contributed by atoms with Gasteiger partial charge in [0.25, 0.3) is 0 Å². The number of anilines is 1. The molecule has 1 atom stereocenters. The van der Waals surface area contributed by atoms with E-state index < -0.39 is 6.04 Å². The topological polar surface area (TPSA) is 57.2 Å². The van der Waals surface area contributed by atoms with Crippen LogP contribution in [0.5, 0.6) is 0 Å². The summed E-state index contributed by atoms with van der Waals surface area (Å²) in [6.45, 7) is 0. The Morgan fingerprint density at radius 3 is 2.82 bits per heavy atom. The zero-order valence-corrected chi connectivity index (χ0v) is 11.9. The van der Waals surface area contributed by atoms with Crippen molar-refractivity contribution in [1.82, 2.24) is 4.98 Å². The molecule has 0 aliphatic carbocycles. The van der Waals surface area contributed by atoms with Crippen LogP contribution in [0.4, 0.5) is 5.69 Å². The number of benzodiazepines with no additional fused rings is 1. The highest BCUT2D eigenvalue weighted by atomic mass is 16.2. The number of H-pyrrole nitrogens is 1. The van der Waals surface area contributed by atoms with Gasteiger partial charge in [-0.2, -0.15) is 0 Å². The fourth-order valence-electron chi connectivity index (χ4n) is 2.83. The molecule has 0 saturated heterocycles. The largest absolute Gasteiger partial charge is 0.361 e. The van der Waals surface area contributed by atoms with E-state index in [2.05, 4.69) is 21.4 Å². The molecule has 0 saturated carbocycles. The molecule has 2 aromatic carbocycles. The molecule has 4 nitrogen and oxygen atoms in total. The molecule has 3 aromatic rings. The molecule has 1 aliphatic rings. The number of para-hydroxylation sites is 2. The second-order valence-electron chi connectivity index (χ2n) is 5.43. The number of aromatic amines is 1. The van der Waals surface area contributed by atoms with Crippen LogP contribution in [0, 0.1) is 0 Å². The number of aliphatic imine (C=N–C) groups is 1. The molecular weight excluding hydrogens is 274 g/mol. The highest BCUT2D eigenvalue weighted by molar-refractivity contribution is 6.03. The summed E-state index contributed by atoms with van der Waals surface area (Å²) in [5.41, 5.74) is 3.95. The van der Waals surface area contributed by atoms with Gasteiger partial charge in [0.2, 0.25) is 5.91 Å². The Morgan fingerprint density at radius 1 is 1.05 bits per heavy atom. The molecule has 108 valence electrons. The number of hydrogen-bond acceptors (Lipinski definition) is 2. The van der Waals surface area contributed by atoms with Crippen LogP contribution < -0.4 is 5.32 Å². The van der Waals surface area contributed by atoms with Crippen molar-refractivity contribution in [2.24, 2.45) is 4.99 Å². The number of nitrogens with zero attached hydrogens (tertiary/aromatic N) is 1. The fourth-order valence-corrected chi connectivity index (χ4v) is 2.83. The Balaban J connectivity index is 1.65. The van der Waals surface area contributed by atoms with Gasteiger partial charge in [0.1, 0.15) is 6.04 Å². The van der Waals surface area contributed by atoms with Crippen molar-refractivity contribution in [3.63, 3.8) is 0 Å². The average molecular weight is 289 g/mol. The lowest BCUT2D eigenvalue weighted by molar-refractivity contribution is -0.117. The smallest absolute Gasteiger partial charge is 0.249 e. The van der Waals surface area contributed by atoms with Crippen LogP contribution in [0.25, 0.3) is 10.9 Å². The van der Waals surface area contributed by atoms with Gasteiger partial charge in [-0.25, -0.2) is 0 Å². The van der Waals surface area contributed by atoms with Gasteiger partial charge in [0.05, 0.1) is 0 Å². The first-order valence-electron chi connectivity index (χ1n) is 7.29. The zero-order chi connectivity index (χ0) is 14.9. The Hall–Kier alpha value is -2.88. The lowest BCUT2D eigenvalue weighted by Gasteiger charge is -2.10. The number of nitrogens with one attached hydrogen (secondary N) is 2. The highest BCUT2D eigenvalue weighted by Gasteiger charge is 2.22. The molecule has 2 N–H and O–H groups in total. The minimum absolute atomic E-state index is 0.0634. The highest BCUT2D eigenvalue weighted by Crippen LogP contribution is 2.22. The van der Waals surface area contributed by atoms with Crippen molar-refractivity contribution in [2.75, 3.05) is 5.32 Å². The van der Waals surface area contributed by atoms with E-state index in [1.165, 1.54) is 0 Å². The second kappa shape index (κ2) is 5.15. The third-order valence-corrected chi connectivity index (χ3v) is 4.00. The van der Waals surface area contributed by atoms with Gasteiger partial charge >= 0.3 is 0 Å². The minimum atomic E-state index is -0.411. The molecule has 0 bridgehead atoms. The molecule has 1 aliphatic heterocycles. The lowest BCUT2D eigenvalue weighted by atomic mass is 10.0. The van der Waals surface area contributed by atoms with Crippen LogP contribution in [0.15, 0.2) is 59.7 Å². The van der Waals surface area contributed by atoms with E-state index in [1.54, 1.807) is 6.21 Å². The van der Waals surface area contributed by atoms with Gasteiger partial charge in [-0.15, -0.1) is 0 Å². The standard InChI is InChI=1S/C18H15N3O/c22-18-17(20-10-12-5-1-3-7-15(12)21-18)9-13-11-19-16-8-4-2-6-14(13)16/h1-8,10-11,17,19H,9H2,(H,21,22). The molecule has 0 fully saturated rings. The number of rotatable bonds is 2. The van der Waals surface area contributed by atoms with Gasteiger partial charge in [-0.1, -0.05) is 36.4 Å². The van der Waals surface area contributed by atoms with E-state index in [4.69, 9.17) is 0 Å². The molecule has 22 heavy (non-hydrogen) atoms. The first kappa shape index (κ1) is 12.8. The second-order valence-corrected chi connectivity index (χ2v) is 5.43. The predicted octanol–water partition coefficient (Wildman–Crippen LogP) is 3.15. The fraction of sp³-hybridized carbons (Fsp3) is 0.111. The molecule has 2 heterocycles. The summed E-state index contributed by atoms with van der Waals surface area (Å²) in [7, 11) is 0. The minimum Gasteiger partial charge on any atom is -0.361 e. The van der Waals surface area contributed by atoms with E-state index in [0.717, 1.165) is 27.7 Å². The maximum Gasteiger partial charge on any atom is 0.249 e. The van der Waals surface area contributed by atoms with Crippen molar-refractivity contribution in [3.05, 3.63) is 65.9 Å². The van der Waals surface area contributed by atoms with Gasteiger partial charge < -0.3 is 10.3 Å². The molecule has 0 spiro atoms. The zero-order valence-electron chi connectivity index (χ0n) is 11.9. The molecule has 1 unspecified atom stereocenters. The number of carbonyl (C=O) groups excluding carboxylic acids is 1. The maximum absolute atomic E-state index is 12.4. The van der Waals surface area contributed by atoms with E-state index >= 15 is 0 Å². The van der Waals surface area contributed by atoms with Crippen LogP contribution in [0.2, 0.25) is 0 Å². The van der Waals surface area contributed by atoms with Crippen LogP contribution in [0.3, 0.4) is 0 Å². The summed E-state index contributed by atoms with van der Waals surface area (Å²) >= 11 is 0. The van der Waals surface area contributed by atoms with Gasteiger partial charge in [-0.3, -0.25) is 9.79 Å². The lowest BCUT2D eigenvalue weighted by Crippen LogP contribution is -2.27. The van der Waals surface area contributed by atoms with Crippen molar-refractivity contribution in [3.8, 4) is 0 Å². The summed E-state index contributed by atoms with van der Waals surface area (Å²) in [5, 5.41) is 4.10. The Bertz CT molecular complexity index is 879. The van der Waals surface area contributed by atoms with E-state index in [0.29, 0.717) is 6.42 Å². The van der Waals surface area contributed by atoms with Crippen molar-refractivity contribution in [1.29, 1.82) is 0 Å². The van der Waals surface area contributed by atoms with Crippen LogP contribution >= 0.6 is 0 Å². The number of hydrogen-bond donors (Lipinski definition) is 2. The van der Waals surface area contributed by atoms with Crippen molar-refractivity contribution in [2.45, 2.75) is 12.5 Å². The first-order valence-corrected chi connectivity index (χ1v) is 7.29. The van der Waals surface area contributed by atoms with Crippen molar-refractivity contribution >= 4 is 28.7 Å². The number of amides is 1. The summed E-state index contributed by atoms with van der Waals surface area (Å²) < 4.78 is 0. The number of fused-ring (bicyclic) bond motifs is 2. The molecule has 0 radical (unpaired) electrons. The van der Waals surface area contributed by atoms with E-state index in [9.17, 15) is 4.79 Å². The third kappa shape index (κ3) is 2.19.